The summed E-state index contributed by atoms with van der Waals surface area (Å²) in [4.78, 5) is 8.65. The predicted molar refractivity (Wildman–Crippen MR) is 89.8 cm³/mol. The fraction of sp³-hybridized carbons (Fsp3) is 0.111. The highest BCUT2D eigenvalue weighted by Crippen LogP contribution is 2.33. The first kappa shape index (κ1) is 16.8. The number of phenolic OH excluding ortho intramolecular Hbond substituents is 1. The second-order valence-electron chi connectivity index (χ2n) is 5.37. The van der Waals surface area contributed by atoms with Gasteiger partial charge in [-0.25, -0.2) is 4.99 Å². The van der Waals surface area contributed by atoms with Crippen LogP contribution in [0.25, 0.3) is 0 Å². The lowest BCUT2D eigenvalue weighted by Gasteiger charge is -2.13. The lowest BCUT2D eigenvalue weighted by molar-refractivity contribution is -0.137. The van der Waals surface area contributed by atoms with E-state index in [9.17, 15) is 18.3 Å². The standard InChI is InChI=1S/C18H14F3N3O/c19-18(20,21)12-6-7-13(14(25)10-12)17-16(11-4-2-1-3-5-11)24-15(22)8-9-23-17/h1-8,10,25H,9,22H2. The van der Waals surface area contributed by atoms with Gasteiger partial charge >= 0.3 is 6.18 Å². The summed E-state index contributed by atoms with van der Waals surface area (Å²) in [5, 5.41) is 10.1. The number of phenols is 1. The first-order valence-electron chi connectivity index (χ1n) is 7.41. The molecule has 3 rings (SSSR count). The second kappa shape index (κ2) is 6.43. The van der Waals surface area contributed by atoms with E-state index in [4.69, 9.17) is 5.73 Å². The van der Waals surface area contributed by atoms with Crippen molar-refractivity contribution in [3.63, 3.8) is 0 Å². The molecule has 0 unspecified atom stereocenters. The van der Waals surface area contributed by atoms with Gasteiger partial charge in [0.1, 0.15) is 11.6 Å². The molecule has 0 aromatic heterocycles. The Morgan fingerprint density at radius 1 is 1.00 bits per heavy atom. The highest BCUT2D eigenvalue weighted by molar-refractivity contribution is 6.54. The fourth-order valence-electron chi connectivity index (χ4n) is 2.45. The fourth-order valence-corrected chi connectivity index (χ4v) is 2.45. The topological polar surface area (TPSA) is 71.0 Å². The minimum Gasteiger partial charge on any atom is -0.507 e. The molecule has 1 aliphatic heterocycles. The van der Waals surface area contributed by atoms with E-state index in [1.165, 1.54) is 6.07 Å². The number of hydrogen-bond donors (Lipinski definition) is 2. The Bertz CT molecular complexity index is 884. The van der Waals surface area contributed by atoms with E-state index in [1.807, 2.05) is 6.07 Å². The summed E-state index contributed by atoms with van der Waals surface area (Å²) >= 11 is 0. The molecule has 25 heavy (non-hydrogen) atoms. The quantitative estimate of drug-likeness (QED) is 0.874. The number of nitrogens with two attached hydrogens (primary N) is 1. The van der Waals surface area contributed by atoms with Gasteiger partial charge in [-0.05, 0) is 24.3 Å². The molecule has 0 aliphatic carbocycles. The summed E-state index contributed by atoms with van der Waals surface area (Å²) in [7, 11) is 0. The molecule has 1 aliphatic rings. The van der Waals surface area contributed by atoms with Crippen LogP contribution in [0.4, 0.5) is 13.2 Å². The summed E-state index contributed by atoms with van der Waals surface area (Å²) < 4.78 is 38.4. The summed E-state index contributed by atoms with van der Waals surface area (Å²) in [5.41, 5.74) is 6.42. The lowest BCUT2D eigenvalue weighted by Crippen LogP contribution is -2.18. The molecule has 0 saturated heterocycles. The van der Waals surface area contributed by atoms with Crippen LogP contribution in [0.15, 0.2) is 70.4 Å². The monoisotopic (exact) mass is 345 g/mol. The molecule has 7 heteroatoms. The third-order valence-electron chi connectivity index (χ3n) is 3.64. The van der Waals surface area contributed by atoms with E-state index in [0.29, 0.717) is 17.3 Å². The minimum absolute atomic E-state index is 0.165. The van der Waals surface area contributed by atoms with E-state index >= 15 is 0 Å². The van der Waals surface area contributed by atoms with Gasteiger partial charge in [-0.1, -0.05) is 30.3 Å². The van der Waals surface area contributed by atoms with Crippen LogP contribution in [0.5, 0.6) is 5.75 Å². The summed E-state index contributed by atoms with van der Waals surface area (Å²) in [5.74, 6) is -0.262. The zero-order valence-corrected chi connectivity index (χ0v) is 13.0. The van der Waals surface area contributed by atoms with Crippen LogP contribution in [0.1, 0.15) is 16.7 Å². The maximum Gasteiger partial charge on any atom is 0.416 e. The van der Waals surface area contributed by atoms with Crippen molar-refractivity contribution < 1.29 is 18.3 Å². The second-order valence-corrected chi connectivity index (χ2v) is 5.37. The van der Waals surface area contributed by atoms with Crippen molar-refractivity contribution in [2.24, 2.45) is 15.7 Å². The zero-order chi connectivity index (χ0) is 18.0. The van der Waals surface area contributed by atoms with Crippen LogP contribution in [0.3, 0.4) is 0 Å². The van der Waals surface area contributed by atoms with Crippen molar-refractivity contribution >= 4 is 11.4 Å². The van der Waals surface area contributed by atoms with Gasteiger partial charge in [0.2, 0.25) is 0 Å². The highest BCUT2D eigenvalue weighted by Gasteiger charge is 2.31. The third-order valence-corrected chi connectivity index (χ3v) is 3.64. The molecule has 128 valence electrons. The average molecular weight is 345 g/mol. The number of benzene rings is 2. The number of hydrogen-bond acceptors (Lipinski definition) is 4. The number of rotatable bonds is 2. The van der Waals surface area contributed by atoms with Crippen molar-refractivity contribution in [2.75, 3.05) is 6.54 Å². The molecule has 0 amide bonds. The molecule has 4 nitrogen and oxygen atoms in total. The maximum absolute atomic E-state index is 12.8. The third kappa shape index (κ3) is 3.55. The number of alkyl halides is 3. The molecule has 0 fully saturated rings. The van der Waals surface area contributed by atoms with Gasteiger partial charge in [0.05, 0.1) is 23.5 Å². The van der Waals surface area contributed by atoms with Crippen molar-refractivity contribution in [3.8, 4) is 5.75 Å². The van der Waals surface area contributed by atoms with Gasteiger partial charge < -0.3 is 10.8 Å². The van der Waals surface area contributed by atoms with Crippen LogP contribution in [-0.2, 0) is 6.18 Å². The van der Waals surface area contributed by atoms with Gasteiger partial charge in [-0.15, -0.1) is 0 Å². The molecule has 1 heterocycles. The first-order chi connectivity index (χ1) is 11.9. The molecule has 2 aromatic rings. The molecule has 0 atom stereocenters. The SMILES string of the molecule is NC1=CCN=C(c2ccc(C(F)(F)F)cc2O)C(c2ccccc2)=N1. The van der Waals surface area contributed by atoms with Gasteiger partial charge in [0.25, 0.3) is 0 Å². The predicted octanol–water partition coefficient (Wildman–Crippen LogP) is 3.50. The maximum atomic E-state index is 12.8. The van der Waals surface area contributed by atoms with Crippen molar-refractivity contribution in [2.45, 2.75) is 6.18 Å². The number of aliphatic imine (C=N–C) groups is 2. The van der Waals surface area contributed by atoms with Crippen molar-refractivity contribution in [1.29, 1.82) is 0 Å². The smallest absolute Gasteiger partial charge is 0.416 e. The van der Waals surface area contributed by atoms with Gasteiger partial charge in [0, 0.05) is 11.1 Å². The minimum atomic E-state index is -4.54. The first-order valence-corrected chi connectivity index (χ1v) is 7.41. The summed E-state index contributed by atoms with van der Waals surface area (Å²) in [6.45, 7) is 0.210. The van der Waals surface area contributed by atoms with Crippen LogP contribution >= 0.6 is 0 Å². The molecule has 0 spiro atoms. The van der Waals surface area contributed by atoms with Crippen LogP contribution in [-0.4, -0.2) is 23.1 Å². The molecular weight excluding hydrogens is 331 g/mol. The van der Waals surface area contributed by atoms with Gasteiger partial charge in [-0.2, -0.15) is 13.2 Å². The molecule has 3 N–H and O–H groups in total. The Kier molecular flexibility index (Phi) is 4.31. The van der Waals surface area contributed by atoms with Crippen molar-refractivity contribution in [3.05, 3.63) is 77.1 Å². The zero-order valence-electron chi connectivity index (χ0n) is 13.0. The number of halogens is 3. The Labute approximate surface area is 141 Å². The average Bonchev–Trinajstić information content (AvgIpc) is 2.76. The van der Waals surface area contributed by atoms with E-state index < -0.39 is 17.5 Å². The van der Waals surface area contributed by atoms with E-state index in [-0.39, 0.29) is 23.6 Å². The molecular formula is C18H14F3N3O. The molecule has 2 aromatic carbocycles. The summed E-state index contributed by atoms with van der Waals surface area (Å²) in [6.07, 6.45) is -2.94. The number of aromatic hydroxyl groups is 1. The van der Waals surface area contributed by atoms with E-state index in [1.54, 1.807) is 30.3 Å². The van der Waals surface area contributed by atoms with Gasteiger partial charge in [0.15, 0.2) is 0 Å². The largest absolute Gasteiger partial charge is 0.507 e. The van der Waals surface area contributed by atoms with Crippen LogP contribution in [0.2, 0.25) is 0 Å². The lowest BCUT2D eigenvalue weighted by atomic mass is 9.97. The number of nitrogens with zero attached hydrogens (tertiary/aromatic N) is 2. The Hall–Kier alpha value is -3.09. The Morgan fingerprint density at radius 3 is 2.36 bits per heavy atom. The molecule has 0 radical (unpaired) electrons. The van der Waals surface area contributed by atoms with Gasteiger partial charge in [-0.3, -0.25) is 4.99 Å². The van der Waals surface area contributed by atoms with E-state index in [2.05, 4.69) is 9.98 Å². The Morgan fingerprint density at radius 2 is 1.72 bits per heavy atom. The van der Waals surface area contributed by atoms with E-state index in [0.717, 1.165) is 6.07 Å². The highest BCUT2D eigenvalue weighted by atomic mass is 19.4. The molecule has 0 saturated carbocycles. The van der Waals surface area contributed by atoms with Crippen molar-refractivity contribution in [1.82, 2.24) is 0 Å². The normalized spacial score (nSPS) is 15.1. The van der Waals surface area contributed by atoms with Crippen LogP contribution < -0.4 is 5.73 Å². The summed E-state index contributed by atoms with van der Waals surface area (Å²) in [6, 6.07) is 11.8. The Balaban J connectivity index is 2.12. The van der Waals surface area contributed by atoms with Crippen LogP contribution in [0, 0.1) is 0 Å². The molecule has 0 bridgehead atoms.